The second-order valence-corrected chi connectivity index (χ2v) is 5.10. The van der Waals surface area contributed by atoms with Crippen LogP contribution in [-0.2, 0) is 4.79 Å². The number of nitrogens with zero attached hydrogens (tertiary/aromatic N) is 2. The quantitative estimate of drug-likeness (QED) is 0.898. The molecule has 1 aromatic heterocycles. The molecule has 5 nitrogen and oxygen atoms in total. The summed E-state index contributed by atoms with van der Waals surface area (Å²) in [7, 11) is 1.74. The molecule has 2 N–H and O–H groups in total. The van der Waals surface area contributed by atoms with E-state index in [1.807, 2.05) is 11.8 Å². The molecule has 104 valence electrons. The Kier molecular flexibility index (Phi) is 4.37. The first-order chi connectivity index (χ1) is 9.08. The highest BCUT2D eigenvalue weighted by Crippen LogP contribution is 2.33. The van der Waals surface area contributed by atoms with Crippen LogP contribution in [0.3, 0.4) is 0 Å². The van der Waals surface area contributed by atoms with E-state index in [9.17, 15) is 4.79 Å². The average molecular weight is 303 g/mol. The third-order valence-corrected chi connectivity index (χ3v) is 3.70. The summed E-state index contributed by atoms with van der Waals surface area (Å²) in [6.45, 7) is 3.23. The van der Waals surface area contributed by atoms with E-state index in [1.54, 1.807) is 13.1 Å². The summed E-state index contributed by atoms with van der Waals surface area (Å²) in [6.07, 6.45) is 0.696. The number of anilines is 2. The van der Waals surface area contributed by atoms with Crippen molar-refractivity contribution in [1.82, 2.24) is 10.3 Å². The topological polar surface area (TPSA) is 57.3 Å². The lowest BCUT2D eigenvalue weighted by atomic mass is 10.1. The minimum Gasteiger partial charge on any atom is -0.372 e. The molecule has 1 atom stereocenters. The Morgan fingerprint density at radius 2 is 2.26 bits per heavy atom. The van der Waals surface area contributed by atoms with Crippen molar-refractivity contribution in [2.24, 2.45) is 0 Å². The zero-order valence-electron chi connectivity index (χ0n) is 10.8. The zero-order chi connectivity index (χ0) is 14.0. The van der Waals surface area contributed by atoms with Crippen LogP contribution in [0.4, 0.5) is 11.6 Å². The summed E-state index contributed by atoms with van der Waals surface area (Å²) < 4.78 is 0. The van der Waals surface area contributed by atoms with Crippen LogP contribution in [0, 0.1) is 0 Å². The highest BCUT2D eigenvalue weighted by atomic mass is 35.5. The maximum atomic E-state index is 11.9. The monoisotopic (exact) mass is 302 g/mol. The van der Waals surface area contributed by atoms with E-state index in [0.717, 1.165) is 0 Å². The highest BCUT2D eigenvalue weighted by Gasteiger charge is 2.30. The fourth-order valence-electron chi connectivity index (χ4n) is 2.21. The van der Waals surface area contributed by atoms with E-state index in [0.29, 0.717) is 41.2 Å². The van der Waals surface area contributed by atoms with E-state index >= 15 is 0 Å². The SMILES string of the molecule is CCC1C(=O)NCCN1c1nc(NC)c(Cl)cc1Cl. The Labute approximate surface area is 122 Å². The van der Waals surface area contributed by atoms with Gasteiger partial charge in [0.05, 0.1) is 10.0 Å². The van der Waals surface area contributed by atoms with Crippen LogP contribution < -0.4 is 15.5 Å². The molecule has 0 aliphatic carbocycles. The number of piperazine rings is 1. The molecule has 0 bridgehead atoms. The van der Waals surface area contributed by atoms with Crippen LogP contribution in [0.25, 0.3) is 0 Å². The Morgan fingerprint density at radius 3 is 2.89 bits per heavy atom. The number of carbonyl (C=O) groups excluding carboxylic acids is 1. The van der Waals surface area contributed by atoms with E-state index in [1.165, 1.54) is 0 Å². The van der Waals surface area contributed by atoms with Crippen molar-refractivity contribution in [3.05, 3.63) is 16.1 Å². The van der Waals surface area contributed by atoms with Gasteiger partial charge in [-0.15, -0.1) is 0 Å². The van der Waals surface area contributed by atoms with E-state index < -0.39 is 0 Å². The molecule has 2 heterocycles. The number of amides is 1. The fourth-order valence-corrected chi connectivity index (χ4v) is 2.77. The van der Waals surface area contributed by atoms with Gasteiger partial charge in [0.25, 0.3) is 0 Å². The number of carbonyl (C=O) groups is 1. The number of hydrogen-bond donors (Lipinski definition) is 2. The van der Waals surface area contributed by atoms with Crippen LogP contribution in [0.15, 0.2) is 6.07 Å². The summed E-state index contributed by atoms with van der Waals surface area (Å²) in [5.74, 6) is 1.16. The van der Waals surface area contributed by atoms with Gasteiger partial charge in [0.2, 0.25) is 5.91 Å². The van der Waals surface area contributed by atoms with E-state index in [4.69, 9.17) is 23.2 Å². The number of pyridine rings is 1. The molecule has 0 saturated carbocycles. The molecule has 1 saturated heterocycles. The molecule has 7 heteroatoms. The molecule has 1 aliphatic heterocycles. The summed E-state index contributed by atoms with van der Waals surface area (Å²) in [6, 6.07) is 1.40. The summed E-state index contributed by atoms with van der Waals surface area (Å²) >= 11 is 12.2. The maximum Gasteiger partial charge on any atom is 0.242 e. The van der Waals surface area contributed by atoms with Crippen LogP contribution in [0.1, 0.15) is 13.3 Å². The molecule has 1 amide bonds. The van der Waals surface area contributed by atoms with Crippen molar-refractivity contribution in [3.8, 4) is 0 Å². The minimum absolute atomic E-state index is 0.00701. The molecule has 0 radical (unpaired) electrons. The number of hydrogen-bond acceptors (Lipinski definition) is 4. The third kappa shape index (κ3) is 2.72. The molecular weight excluding hydrogens is 287 g/mol. The van der Waals surface area contributed by atoms with Crippen molar-refractivity contribution in [2.75, 3.05) is 30.4 Å². The first-order valence-corrected chi connectivity index (χ1v) is 6.92. The number of aromatic nitrogens is 1. The average Bonchev–Trinajstić information content (AvgIpc) is 2.39. The lowest BCUT2D eigenvalue weighted by molar-refractivity contribution is -0.123. The van der Waals surface area contributed by atoms with Gasteiger partial charge in [-0.1, -0.05) is 30.1 Å². The highest BCUT2D eigenvalue weighted by molar-refractivity contribution is 6.37. The lowest BCUT2D eigenvalue weighted by Gasteiger charge is -2.36. The largest absolute Gasteiger partial charge is 0.372 e. The first kappa shape index (κ1) is 14.2. The van der Waals surface area contributed by atoms with Crippen molar-refractivity contribution >= 4 is 40.7 Å². The van der Waals surface area contributed by atoms with Crippen LogP contribution in [0.5, 0.6) is 0 Å². The third-order valence-electron chi connectivity index (χ3n) is 3.14. The molecule has 1 fully saturated rings. The predicted molar refractivity (Wildman–Crippen MR) is 78.2 cm³/mol. The van der Waals surface area contributed by atoms with E-state index in [2.05, 4.69) is 15.6 Å². The fraction of sp³-hybridized carbons (Fsp3) is 0.500. The van der Waals surface area contributed by atoms with Gasteiger partial charge in [-0.3, -0.25) is 4.79 Å². The Hall–Kier alpha value is -1.20. The van der Waals surface area contributed by atoms with E-state index in [-0.39, 0.29) is 11.9 Å². The molecular formula is C12H16Cl2N4O. The number of nitrogens with one attached hydrogen (secondary N) is 2. The second kappa shape index (κ2) is 5.84. The van der Waals surface area contributed by atoms with Gasteiger partial charge in [0.1, 0.15) is 11.9 Å². The Morgan fingerprint density at radius 1 is 1.53 bits per heavy atom. The van der Waals surface area contributed by atoms with Crippen molar-refractivity contribution < 1.29 is 4.79 Å². The van der Waals surface area contributed by atoms with Gasteiger partial charge in [-0.25, -0.2) is 4.98 Å². The van der Waals surface area contributed by atoms with Crippen molar-refractivity contribution in [2.45, 2.75) is 19.4 Å². The van der Waals surface area contributed by atoms with Crippen LogP contribution in [-0.4, -0.2) is 37.1 Å². The molecule has 1 aliphatic rings. The molecule has 0 aromatic carbocycles. The predicted octanol–water partition coefficient (Wildman–Crippen LogP) is 2.14. The maximum absolute atomic E-state index is 11.9. The van der Waals surface area contributed by atoms with Gasteiger partial charge in [-0.05, 0) is 12.5 Å². The number of halogens is 2. The first-order valence-electron chi connectivity index (χ1n) is 6.16. The molecule has 19 heavy (non-hydrogen) atoms. The zero-order valence-corrected chi connectivity index (χ0v) is 12.3. The molecule has 2 rings (SSSR count). The normalized spacial score (nSPS) is 19.3. The smallest absolute Gasteiger partial charge is 0.242 e. The second-order valence-electron chi connectivity index (χ2n) is 4.28. The van der Waals surface area contributed by atoms with Crippen molar-refractivity contribution in [3.63, 3.8) is 0 Å². The van der Waals surface area contributed by atoms with Gasteiger partial charge in [0.15, 0.2) is 5.82 Å². The molecule has 0 spiro atoms. The standard InChI is InChI=1S/C12H16Cl2N4O/c1-3-9-12(19)16-4-5-18(9)11-8(14)6-7(13)10(15-2)17-11/h6,9H,3-5H2,1-2H3,(H,15,17)(H,16,19). The van der Waals surface area contributed by atoms with Gasteiger partial charge in [0, 0.05) is 20.1 Å². The van der Waals surface area contributed by atoms with Crippen molar-refractivity contribution in [1.29, 1.82) is 0 Å². The molecule has 1 aromatic rings. The summed E-state index contributed by atoms with van der Waals surface area (Å²) in [5.41, 5.74) is 0. The lowest BCUT2D eigenvalue weighted by Crippen LogP contribution is -2.55. The summed E-state index contributed by atoms with van der Waals surface area (Å²) in [5, 5.41) is 6.69. The van der Waals surface area contributed by atoms with Crippen LogP contribution >= 0.6 is 23.2 Å². The number of rotatable bonds is 3. The van der Waals surface area contributed by atoms with Gasteiger partial charge in [-0.2, -0.15) is 0 Å². The summed E-state index contributed by atoms with van der Waals surface area (Å²) in [4.78, 5) is 18.2. The Balaban J connectivity index is 2.42. The minimum atomic E-state index is -0.246. The Bertz CT molecular complexity index is 495. The van der Waals surface area contributed by atoms with Crippen LogP contribution in [0.2, 0.25) is 10.0 Å². The van der Waals surface area contributed by atoms with Gasteiger partial charge >= 0.3 is 0 Å². The molecule has 1 unspecified atom stereocenters. The van der Waals surface area contributed by atoms with Gasteiger partial charge < -0.3 is 15.5 Å².